The number of sulfonamides is 1. The predicted molar refractivity (Wildman–Crippen MR) is 94.3 cm³/mol. The first kappa shape index (κ1) is 20.2. The average molecular weight is 386 g/mol. The number of rotatable bonds is 5. The summed E-state index contributed by atoms with van der Waals surface area (Å²) in [4.78, 5) is 11.8. The maximum absolute atomic E-state index is 13.0. The fourth-order valence-electron chi connectivity index (χ4n) is 2.30. The molecule has 1 aromatic rings. The van der Waals surface area contributed by atoms with Gasteiger partial charge in [-0.2, -0.15) is 0 Å². The highest BCUT2D eigenvalue weighted by Crippen LogP contribution is 2.25. The van der Waals surface area contributed by atoms with E-state index in [1.165, 1.54) is 12.1 Å². The van der Waals surface area contributed by atoms with E-state index in [1.54, 1.807) is 26.8 Å². The second-order valence-corrected chi connectivity index (χ2v) is 8.56. The summed E-state index contributed by atoms with van der Waals surface area (Å²) in [7, 11) is -3.47. The molecule has 144 valence electrons. The van der Waals surface area contributed by atoms with Crippen LogP contribution in [0, 0.1) is 0 Å². The molecular formula is C17H23FN2O5S. The van der Waals surface area contributed by atoms with Crippen LogP contribution >= 0.6 is 0 Å². The van der Waals surface area contributed by atoms with Crippen molar-refractivity contribution in [3.63, 3.8) is 0 Å². The Morgan fingerprint density at radius 1 is 1.38 bits per heavy atom. The largest absolute Gasteiger partial charge is 0.489 e. The number of carbonyl (C=O) groups is 1. The second kappa shape index (κ2) is 8.05. The Labute approximate surface area is 152 Å². The lowest BCUT2D eigenvalue weighted by Crippen LogP contribution is -2.34. The Balaban J connectivity index is 1.92. The van der Waals surface area contributed by atoms with Gasteiger partial charge < -0.3 is 14.8 Å². The number of benzene rings is 1. The molecule has 0 saturated carbocycles. The second-order valence-electron chi connectivity index (χ2n) is 6.83. The molecule has 0 unspecified atom stereocenters. The molecule has 0 fully saturated rings. The van der Waals surface area contributed by atoms with Gasteiger partial charge in [0.2, 0.25) is 10.0 Å². The molecule has 0 aromatic heterocycles. The molecule has 0 saturated heterocycles. The van der Waals surface area contributed by atoms with Crippen LogP contribution in [0.25, 0.3) is 0 Å². The van der Waals surface area contributed by atoms with Crippen LogP contribution in [0.1, 0.15) is 26.3 Å². The molecule has 1 aliphatic rings. The number of halogens is 1. The van der Waals surface area contributed by atoms with Gasteiger partial charge in [-0.15, -0.1) is 0 Å². The zero-order valence-corrected chi connectivity index (χ0v) is 15.8. The van der Waals surface area contributed by atoms with Crippen molar-refractivity contribution in [1.82, 2.24) is 10.0 Å². The van der Waals surface area contributed by atoms with Crippen LogP contribution in [0.15, 0.2) is 35.0 Å². The average Bonchev–Trinajstić information content (AvgIpc) is 2.53. The molecule has 9 heteroatoms. The lowest BCUT2D eigenvalue weighted by atomic mass is 10.1. The molecule has 1 aromatic carbocycles. The fourth-order valence-corrected chi connectivity index (χ4v) is 3.58. The summed E-state index contributed by atoms with van der Waals surface area (Å²) in [5, 5.41) is 2.45. The highest BCUT2D eigenvalue weighted by atomic mass is 32.2. The molecule has 1 heterocycles. The number of carbonyl (C=O) groups excluding carboxylic acids is 1. The first-order valence-electron chi connectivity index (χ1n) is 8.11. The number of ether oxygens (including phenoxy) is 2. The van der Waals surface area contributed by atoms with Crippen molar-refractivity contribution in [3.05, 3.63) is 35.7 Å². The number of hydrogen-bond donors (Lipinski definition) is 2. The van der Waals surface area contributed by atoms with Crippen LogP contribution in [0.2, 0.25) is 0 Å². The van der Waals surface area contributed by atoms with Crippen LogP contribution < -0.4 is 14.8 Å². The van der Waals surface area contributed by atoms with Gasteiger partial charge in [0.15, 0.2) is 0 Å². The van der Waals surface area contributed by atoms with Crippen LogP contribution in [-0.4, -0.2) is 39.8 Å². The van der Waals surface area contributed by atoms with Crippen LogP contribution in [-0.2, 0) is 21.2 Å². The quantitative estimate of drug-likeness (QED) is 0.810. The summed E-state index contributed by atoms with van der Waals surface area (Å²) in [6, 6.07) is 4.61. The van der Waals surface area contributed by atoms with Crippen molar-refractivity contribution in [3.8, 4) is 5.75 Å². The van der Waals surface area contributed by atoms with Gasteiger partial charge in [0.25, 0.3) is 0 Å². The number of nitrogens with one attached hydrogen (secondary N) is 2. The van der Waals surface area contributed by atoms with E-state index in [0.717, 1.165) is 0 Å². The first-order chi connectivity index (χ1) is 12.1. The van der Waals surface area contributed by atoms with Gasteiger partial charge in [-0.3, -0.25) is 0 Å². The molecule has 0 aliphatic carbocycles. The maximum atomic E-state index is 13.0. The minimum atomic E-state index is -3.47. The molecular weight excluding hydrogens is 363 g/mol. The smallest absolute Gasteiger partial charge is 0.407 e. The molecule has 26 heavy (non-hydrogen) atoms. The summed E-state index contributed by atoms with van der Waals surface area (Å²) < 4.78 is 49.8. The Bertz CT molecular complexity index is 800. The Hall–Kier alpha value is -2.13. The van der Waals surface area contributed by atoms with Gasteiger partial charge in [-0.1, -0.05) is 0 Å². The molecule has 1 aliphatic heterocycles. The number of alkyl carbamates (subject to hydrolysis) is 1. The SMILES string of the molecule is CC(C)(C)OC(=O)NC/C(=C/F)COc1ccc2c(c1)CCNS2(=O)=O. The van der Waals surface area contributed by atoms with Gasteiger partial charge in [0.1, 0.15) is 18.0 Å². The van der Waals surface area contributed by atoms with Gasteiger partial charge in [-0.25, -0.2) is 22.3 Å². The van der Waals surface area contributed by atoms with Gasteiger partial charge in [0, 0.05) is 18.7 Å². The molecule has 0 radical (unpaired) electrons. The lowest BCUT2D eigenvalue weighted by molar-refractivity contribution is 0.0531. The summed E-state index contributed by atoms with van der Waals surface area (Å²) in [5.74, 6) is 0.428. The molecule has 1 amide bonds. The molecule has 2 rings (SSSR count). The third-order valence-corrected chi connectivity index (χ3v) is 5.01. The summed E-state index contributed by atoms with van der Waals surface area (Å²) in [6.07, 6.45) is 0.269. The van der Waals surface area contributed by atoms with Crippen molar-refractivity contribution in [2.24, 2.45) is 0 Å². The first-order valence-corrected chi connectivity index (χ1v) is 9.59. The van der Waals surface area contributed by atoms with E-state index in [-0.39, 0.29) is 23.6 Å². The van der Waals surface area contributed by atoms with E-state index >= 15 is 0 Å². The van der Waals surface area contributed by atoms with E-state index in [0.29, 0.717) is 30.6 Å². The van der Waals surface area contributed by atoms with E-state index in [2.05, 4.69) is 10.0 Å². The molecule has 0 bridgehead atoms. The van der Waals surface area contributed by atoms with Gasteiger partial charge >= 0.3 is 6.09 Å². The predicted octanol–water partition coefficient (Wildman–Crippen LogP) is 2.28. The van der Waals surface area contributed by atoms with Crippen LogP contribution in [0.3, 0.4) is 0 Å². The van der Waals surface area contributed by atoms with Gasteiger partial charge in [0.05, 0.1) is 11.2 Å². The van der Waals surface area contributed by atoms with E-state index in [9.17, 15) is 17.6 Å². The van der Waals surface area contributed by atoms with E-state index in [1.807, 2.05) is 0 Å². The topological polar surface area (TPSA) is 93.7 Å². The summed E-state index contributed by atoms with van der Waals surface area (Å²) in [6.45, 7) is 5.37. The normalized spacial score (nSPS) is 16.5. The molecule has 0 atom stereocenters. The molecule has 7 nitrogen and oxygen atoms in total. The zero-order valence-electron chi connectivity index (χ0n) is 15.0. The van der Waals surface area contributed by atoms with Crippen molar-refractivity contribution < 1.29 is 27.1 Å². The third kappa shape index (κ3) is 5.70. The minimum Gasteiger partial charge on any atom is -0.489 e. The van der Waals surface area contributed by atoms with Crippen molar-refractivity contribution in [2.45, 2.75) is 37.7 Å². The molecule has 2 N–H and O–H groups in total. The monoisotopic (exact) mass is 386 g/mol. The highest BCUT2D eigenvalue weighted by Gasteiger charge is 2.23. The Morgan fingerprint density at radius 3 is 2.77 bits per heavy atom. The third-order valence-electron chi connectivity index (χ3n) is 3.45. The molecule has 0 spiro atoms. The zero-order chi connectivity index (χ0) is 19.4. The number of fused-ring (bicyclic) bond motifs is 1. The minimum absolute atomic E-state index is 0.0609. The van der Waals surface area contributed by atoms with Crippen LogP contribution in [0.4, 0.5) is 9.18 Å². The van der Waals surface area contributed by atoms with Crippen molar-refractivity contribution in [2.75, 3.05) is 19.7 Å². The lowest BCUT2D eigenvalue weighted by Gasteiger charge is -2.20. The van der Waals surface area contributed by atoms with Crippen molar-refractivity contribution >= 4 is 16.1 Å². The number of hydrogen-bond acceptors (Lipinski definition) is 5. The van der Waals surface area contributed by atoms with Gasteiger partial charge in [-0.05, 0) is 51.0 Å². The van der Waals surface area contributed by atoms with Crippen molar-refractivity contribution in [1.29, 1.82) is 0 Å². The fraction of sp³-hybridized carbons (Fsp3) is 0.471. The maximum Gasteiger partial charge on any atom is 0.407 e. The summed E-state index contributed by atoms with van der Waals surface area (Å²) >= 11 is 0. The van der Waals surface area contributed by atoms with E-state index in [4.69, 9.17) is 9.47 Å². The van der Waals surface area contributed by atoms with E-state index < -0.39 is 21.7 Å². The number of amides is 1. The van der Waals surface area contributed by atoms with Crippen LogP contribution in [0.5, 0.6) is 5.75 Å². The standard InChI is InChI=1S/C17H23FN2O5S/c1-17(2,3)25-16(21)19-10-12(9-18)11-24-14-4-5-15-13(8-14)6-7-20-26(15,22)23/h4-5,8-9,20H,6-7,10-11H2,1-3H3,(H,19,21)/b12-9-. The Morgan fingerprint density at radius 2 is 2.12 bits per heavy atom. The summed E-state index contributed by atoms with van der Waals surface area (Å²) in [5.41, 5.74) is 0.222. The highest BCUT2D eigenvalue weighted by molar-refractivity contribution is 7.89. The Kier molecular flexibility index (Phi) is 6.25.